The summed E-state index contributed by atoms with van der Waals surface area (Å²) in [6.45, 7) is 3.32. The highest BCUT2D eigenvalue weighted by molar-refractivity contribution is 5.84. The average molecular weight is 231 g/mol. The first-order chi connectivity index (χ1) is 7.38. The van der Waals surface area contributed by atoms with Gasteiger partial charge in [0.2, 0.25) is 5.91 Å². The lowest BCUT2D eigenvalue weighted by Gasteiger charge is -2.15. The molecule has 0 saturated heterocycles. The van der Waals surface area contributed by atoms with Gasteiger partial charge in [-0.05, 0) is 6.42 Å². The minimum absolute atomic E-state index is 0.0282. The van der Waals surface area contributed by atoms with Gasteiger partial charge in [-0.3, -0.25) is 9.59 Å². The van der Waals surface area contributed by atoms with E-state index in [1.54, 1.807) is 13.8 Å². The molecule has 6 nitrogen and oxygen atoms in total. The highest BCUT2D eigenvalue weighted by Gasteiger charge is 2.22. The molecule has 1 amide bonds. The van der Waals surface area contributed by atoms with Crippen LogP contribution in [-0.4, -0.2) is 36.1 Å². The number of aliphatic carboxylic acids is 1. The number of amides is 1. The zero-order valence-corrected chi connectivity index (χ0v) is 9.65. The molecular formula is C10H17NO5. The van der Waals surface area contributed by atoms with Crippen LogP contribution in [0.5, 0.6) is 0 Å². The van der Waals surface area contributed by atoms with Crippen molar-refractivity contribution in [3.05, 3.63) is 0 Å². The van der Waals surface area contributed by atoms with E-state index in [4.69, 9.17) is 5.11 Å². The lowest BCUT2D eigenvalue weighted by Crippen LogP contribution is -2.42. The Labute approximate surface area is 94.0 Å². The molecule has 1 unspecified atom stereocenters. The molecule has 6 heteroatoms. The van der Waals surface area contributed by atoms with Crippen LogP contribution in [0.1, 0.15) is 26.7 Å². The van der Waals surface area contributed by atoms with Crippen LogP contribution < -0.4 is 5.32 Å². The lowest BCUT2D eigenvalue weighted by molar-refractivity contribution is -0.144. The van der Waals surface area contributed by atoms with Crippen LogP contribution in [0.25, 0.3) is 0 Å². The predicted octanol–water partition coefficient (Wildman–Crippen LogP) is 0.165. The summed E-state index contributed by atoms with van der Waals surface area (Å²) in [5.41, 5.74) is 0. The maximum absolute atomic E-state index is 11.3. The molecule has 0 bridgehead atoms. The number of esters is 1. The Bertz CT molecular complexity index is 274. The Morgan fingerprint density at radius 1 is 1.31 bits per heavy atom. The first-order valence-electron chi connectivity index (χ1n) is 4.98. The molecule has 0 aromatic heterocycles. The van der Waals surface area contributed by atoms with Crippen molar-refractivity contribution in [3.63, 3.8) is 0 Å². The van der Waals surface area contributed by atoms with Gasteiger partial charge >= 0.3 is 11.9 Å². The highest BCUT2D eigenvalue weighted by Crippen LogP contribution is 2.01. The van der Waals surface area contributed by atoms with Crippen LogP contribution in [0.15, 0.2) is 0 Å². The number of carboxylic acid groups (broad SMARTS) is 1. The fourth-order valence-corrected chi connectivity index (χ4v) is 0.960. The molecule has 0 fully saturated rings. The van der Waals surface area contributed by atoms with E-state index in [1.165, 1.54) is 7.11 Å². The fraction of sp³-hybridized carbons (Fsp3) is 0.700. The summed E-state index contributed by atoms with van der Waals surface area (Å²) in [6, 6.07) is -1.05. The minimum Gasteiger partial charge on any atom is -0.480 e. The SMILES string of the molecule is COC(=O)CCC(NC(=O)C(C)C)C(=O)O. The second-order valence-corrected chi connectivity index (χ2v) is 3.67. The summed E-state index contributed by atoms with van der Waals surface area (Å²) in [6.07, 6.45) is -0.00763. The largest absolute Gasteiger partial charge is 0.480 e. The van der Waals surface area contributed by atoms with E-state index < -0.39 is 18.0 Å². The van der Waals surface area contributed by atoms with Gasteiger partial charge in [0, 0.05) is 12.3 Å². The molecule has 0 aliphatic heterocycles. The molecular weight excluding hydrogens is 214 g/mol. The summed E-state index contributed by atoms with van der Waals surface area (Å²) in [5, 5.41) is 11.2. The average Bonchev–Trinajstić information content (AvgIpc) is 2.22. The number of ether oxygens (including phenoxy) is 1. The summed E-state index contributed by atoms with van der Waals surface area (Å²) in [4.78, 5) is 32.9. The second kappa shape index (κ2) is 6.81. The molecule has 0 aliphatic carbocycles. The Balaban J connectivity index is 4.24. The van der Waals surface area contributed by atoms with Crippen LogP contribution in [0.3, 0.4) is 0 Å². The molecule has 0 spiro atoms. The summed E-state index contributed by atoms with van der Waals surface area (Å²) >= 11 is 0. The zero-order valence-electron chi connectivity index (χ0n) is 9.65. The van der Waals surface area contributed by atoms with Gasteiger partial charge in [-0.15, -0.1) is 0 Å². The van der Waals surface area contributed by atoms with E-state index in [1.807, 2.05) is 0 Å². The maximum atomic E-state index is 11.3. The van der Waals surface area contributed by atoms with Crippen molar-refractivity contribution in [2.24, 2.45) is 5.92 Å². The number of methoxy groups -OCH3 is 1. The Hall–Kier alpha value is -1.59. The Kier molecular flexibility index (Phi) is 6.14. The zero-order chi connectivity index (χ0) is 12.7. The van der Waals surface area contributed by atoms with Gasteiger partial charge in [-0.25, -0.2) is 4.79 Å². The predicted molar refractivity (Wildman–Crippen MR) is 55.7 cm³/mol. The summed E-state index contributed by atoms with van der Waals surface area (Å²) in [5.74, 6) is -2.29. The molecule has 92 valence electrons. The van der Waals surface area contributed by atoms with Crippen molar-refractivity contribution in [2.75, 3.05) is 7.11 Å². The van der Waals surface area contributed by atoms with Gasteiger partial charge < -0.3 is 15.2 Å². The van der Waals surface area contributed by atoms with Crippen molar-refractivity contribution in [1.82, 2.24) is 5.32 Å². The van der Waals surface area contributed by atoms with Gasteiger partial charge in [-0.1, -0.05) is 13.8 Å². The van der Waals surface area contributed by atoms with Crippen LogP contribution in [0, 0.1) is 5.92 Å². The maximum Gasteiger partial charge on any atom is 0.326 e. The van der Waals surface area contributed by atoms with Gasteiger partial charge in [0.15, 0.2) is 0 Å². The molecule has 0 aromatic carbocycles. The standard InChI is InChI=1S/C10H17NO5/c1-6(2)9(13)11-7(10(14)15)4-5-8(12)16-3/h6-7H,4-5H2,1-3H3,(H,11,13)(H,14,15). The molecule has 0 saturated carbocycles. The number of nitrogens with one attached hydrogen (secondary N) is 1. The van der Waals surface area contributed by atoms with Gasteiger partial charge in [0.25, 0.3) is 0 Å². The monoisotopic (exact) mass is 231 g/mol. The molecule has 2 N–H and O–H groups in total. The van der Waals surface area contributed by atoms with Crippen molar-refractivity contribution in [1.29, 1.82) is 0 Å². The molecule has 0 heterocycles. The summed E-state index contributed by atoms with van der Waals surface area (Å²) in [7, 11) is 1.23. The Morgan fingerprint density at radius 3 is 2.25 bits per heavy atom. The van der Waals surface area contributed by atoms with Crippen molar-refractivity contribution >= 4 is 17.8 Å². The van der Waals surface area contributed by atoms with E-state index in [0.29, 0.717) is 0 Å². The molecule has 1 atom stereocenters. The van der Waals surface area contributed by atoms with E-state index in [9.17, 15) is 14.4 Å². The van der Waals surface area contributed by atoms with Crippen molar-refractivity contribution in [3.8, 4) is 0 Å². The lowest BCUT2D eigenvalue weighted by atomic mass is 10.1. The first-order valence-corrected chi connectivity index (χ1v) is 4.98. The van der Waals surface area contributed by atoms with Crippen molar-refractivity contribution < 1.29 is 24.2 Å². The van der Waals surface area contributed by atoms with Crippen LogP contribution in [0.4, 0.5) is 0 Å². The molecule has 16 heavy (non-hydrogen) atoms. The Morgan fingerprint density at radius 2 is 1.88 bits per heavy atom. The van der Waals surface area contributed by atoms with Gasteiger partial charge in [0.05, 0.1) is 7.11 Å². The number of carboxylic acids is 1. The summed E-state index contributed by atoms with van der Waals surface area (Å²) < 4.78 is 4.39. The fourth-order valence-electron chi connectivity index (χ4n) is 0.960. The van der Waals surface area contributed by atoms with Crippen LogP contribution >= 0.6 is 0 Å². The number of hydrogen-bond donors (Lipinski definition) is 2. The highest BCUT2D eigenvalue weighted by atomic mass is 16.5. The molecule has 0 rings (SSSR count). The molecule has 0 aromatic rings. The third-order valence-corrected chi connectivity index (χ3v) is 2.00. The van der Waals surface area contributed by atoms with E-state index >= 15 is 0 Å². The van der Waals surface area contributed by atoms with Gasteiger partial charge in [-0.2, -0.15) is 0 Å². The van der Waals surface area contributed by atoms with E-state index in [0.717, 1.165) is 0 Å². The van der Waals surface area contributed by atoms with Crippen molar-refractivity contribution in [2.45, 2.75) is 32.7 Å². The molecule has 0 radical (unpaired) electrons. The minimum atomic E-state index is -1.15. The first kappa shape index (κ1) is 14.4. The van der Waals surface area contributed by atoms with E-state index in [2.05, 4.69) is 10.1 Å². The van der Waals surface area contributed by atoms with Crippen LogP contribution in [0.2, 0.25) is 0 Å². The second-order valence-electron chi connectivity index (χ2n) is 3.67. The number of hydrogen-bond acceptors (Lipinski definition) is 4. The van der Waals surface area contributed by atoms with Gasteiger partial charge in [0.1, 0.15) is 6.04 Å². The normalized spacial score (nSPS) is 12.0. The van der Waals surface area contributed by atoms with E-state index in [-0.39, 0.29) is 24.7 Å². The van der Waals surface area contributed by atoms with Crippen LogP contribution in [-0.2, 0) is 19.1 Å². The topological polar surface area (TPSA) is 92.7 Å². The third-order valence-electron chi connectivity index (χ3n) is 2.00. The third kappa shape index (κ3) is 5.33. The smallest absolute Gasteiger partial charge is 0.326 e. The molecule has 0 aliphatic rings. The number of carbonyl (C=O) groups excluding carboxylic acids is 2. The number of carbonyl (C=O) groups is 3. The number of rotatable bonds is 6. The quantitative estimate of drug-likeness (QED) is 0.635.